The molecule has 0 aliphatic carbocycles. The molecule has 0 amide bonds. The van der Waals surface area contributed by atoms with Gasteiger partial charge >= 0.3 is 0 Å². The van der Waals surface area contributed by atoms with Crippen molar-refractivity contribution in [1.29, 1.82) is 0 Å². The van der Waals surface area contributed by atoms with Gasteiger partial charge in [0.25, 0.3) is 0 Å². The summed E-state index contributed by atoms with van der Waals surface area (Å²) in [7, 11) is 0. The third kappa shape index (κ3) is 3.45. The van der Waals surface area contributed by atoms with Crippen molar-refractivity contribution in [3.05, 3.63) is 28.6 Å². The molecule has 0 spiro atoms. The Morgan fingerprint density at radius 3 is 2.70 bits per heavy atom. The van der Waals surface area contributed by atoms with Gasteiger partial charge in [0.05, 0.1) is 11.5 Å². The van der Waals surface area contributed by atoms with Crippen LogP contribution in [0.3, 0.4) is 0 Å². The molecular weight excluding hydrogens is 290 g/mol. The Labute approximate surface area is 127 Å². The number of aromatic nitrogens is 1. The van der Waals surface area contributed by atoms with Gasteiger partial charge in [-0.1, -0.05) is 6.07 Å². The lowest BCUT2D eigenvalue weighted by molar-refractivity contribution is 0.109. The molecule has 108 valence electrons. The lowest BCUT2D eigenvalue weighted by atomic mass is 10.3. The number of piperazine rings is 1. The van der Waals surface area contributed by atoms with E-state index >= 15 is 0 Å². The first kappa shape index (κ1) is 14.2. The second-order valence-corrected chi connectivity index (χ2v) is 7.01. The number of hydrogen-bond acceptors (Lipinski definition) is 6. The minimum Gasteiger partial charge on any atom is -0.395 e. The molecular formula is C14H19N3OS2. The van der Waals surface area contributed by atoms with Gasteiger partial charge in [0, 0.05) is 50.3 Å². The highest BCUT2D eigenvalue weighted by Crippen LogP contribution is 2.29. The highest BCUT2D eigenvalue weighted by molar-refractivity contribution is 7.20. The van der Waals surface area contributed by atoms with Gasteiger partial charge in [-0.3, -0.25) is 9.80 Å². The Hall–Kier alpha value is -0.790. The van der Waals surface area contributed by atoms with Gasteiger partial charge in [0.2, 0.25) is 0 Å². The molecule has 1 aliphatic rings. The number of rotatable bonds is 5. The van der Waals surface area contributed by atoms with E-state index in [1.54, 1.807) is 22.7 Å². The minimum absolute atomic E-state index is 0.263. The molecule has 0 unspecified atom stereocenters. The molecule has 3 rings (SSSR count). The second kappa shape index (κ2) is 6.78. The van der Waals surface area contributed by atoms with Crippen molar-refractivity contribution in [3.8, 4) is 9.88 Å². The van der Waals surface area contributed by atoms with E-state index in [-0.39, 0.29) is 6.61 Å². The van der Waals surface area contributed by atoms with Crippen LogP contribution in [0.15, 0.2) is 23.7 Å². The number of thiophene rings is 1. The predicted octanol–water partition coefficient (Wildman–Crippen LogP) is 1.98. The van der Waals surface area contributed by atoms with Gasteiger partial charge in [-0.05, 0) is 11.4 Å². The fourth-order valence-electron chi connectivity index (χ4n) is 2.43. The molecule has 1 N–H and O–H groups in total. The zero-order chi connectivity index (χ0) is 13.8. The van der Waals surface area contributed by atoms with E-state index in [1.165, 1.54) is 9.75 Å². The summed E-state index contributed by atoms with van der Waals surface area (Å²) in [6, 6.07) is 4.20. The zero-order valence-corrected chi connectivity index (χ0v) is 13.0. The molecule has 0 saturated carbocycles. The van der Waals surface area contributed by atoms with Gasteiger partial charge in [-0.25, -0.2) is 4.98 Å². The molecule has 1 aliphatic heterocycles. The number of thiazole rings is 1. The average molecular weight is 309 g/mol. The van der Waals surface area contributed by atoms with E-state index in [0.717, 1.165) is 44.3 Å². The summed E-state index contributed by atoms with van der Waals surface area (Å²) >= 11 is 3.54. The number of aliphatic hydroxyl groups is 1. The highest BCUT2D eigenvalue weighted by Gasteiger charge is 2.17. The van der Waals surface area contributed by atoms with E-state index in [1.807, 2.05) is 6.20 Å². The van der Waals surface area contributed by atoms with Crippen LogP contribution >= 0.6 is 22.7 Å². The summed E-state index contributed by atoms with van der Waals surface area (Å²) < 4.78 is 0. The van der Waals surface area contributed by atoms with Crippen LogP contribution in [0.4, 0.5) is 0 Å². The molecule has 2 aromatic heterocycles. The summed E-state index contributed by atoms with van der Waals surface area (Å²) in [6.45, 7) is 6.32. The van der Waals surface area contributed by atoms with Crippen molar-refractivity contribution in [2.24, 2.45) is 0 Å². The summed E-state index contributed by atoms with van der Waals surface area (Å²) in [5, 5.41) is 12.2. The van der Waals surface area contributed by atoms with E-state index in [4.69, 9.17) is 5.11 Å². The Bertz CT molecular complexity index is 518. The normalized spacial score (nSPS) is 17.6. The van der Waals surface area contributed by atoms with Crippen LogP contribution in [0.25, 0.3) is 9.88 Å². The van der Waals surface area contributed by atoms with E-state index in [0.29, 0.717) is 0 Å². The number of aliphatic hydroxyl groups excluding tert-OH is 1. The zero-order valence-electron chi connectivity index (χ0n) is 11.4. The smallest absolute Gasteiger partial charge is 0.133 e. The highest BCUT2D eigenvalue weighted by atomic mass is 32.1. The maximum absolute atomic E-state index is 8.95. The summed E-state index contributed by atoms with van der Waals surface area (Å²) in [6.07, 6.45) is 2.01. The fraction of sp³-hybridized carbons (Fsp3) is 0.500. The molecule has 20 heavy (non-hydrogen) atoms. The predicted molar refractivity (Wildman–Crippen MR) is 84.2 cm³/mol. The van der Waals surface area contributed by atoms with Crippen molar-refractivity contribution in [2.75, 3.05) is 39.3 Å². The van der Waals surface area contributed by atoms with Crippen molar-refractivity contribution in [2.45, 2.75) is 6.54 Å². The summed E-state index contributed by atoms with van der Waals surface area (Å²) in [5.74, 6) is 0. The third-order valence-corrected chi connectivity index (χ3v) is 5.57. The van der Waals surface area contributed by atoms with Crippen LogP contribution in [-0.2, 0) is 6.54 Å². The van der Waals surface area contributed by atoms with Crippen LogP contribution in [0.1, 0.15) is 4.88 Å². The molecule has 0 atom stereocenters. The summed E-state index contributed by atoms with van der Waals surface area (Å²) in [4.78, 5) is 11.9. The largest absolute Gasteiger partial charge is 0.395 e. The molecule has 4 nitrogen and oxygen atoms in total. The van der Waals surface area contributed by atoms with Crippen LogP contribution in [0, 0.1) is 0 Å². The maximum atomic E-state index is 8.95. The van der Waals surface area contributed by atoms with Crippen LogP contribution < -0.4 is 0 Å². The van der Waals surface area contributed by atoms with Crippen molar-refractivity contribution < 1.29 is 5.11 Å². The standard InChI is InChI=1S/C14H19N3OS2/c18-8-7-16-3-5-17(6-4-16)11-12-10-15-14(20-12)13-2-1-9-19-13/h1-2,9-10,18H,3-8,11H2. The van der Waals surface area contributed by atoms with Gasteiger partial charge in [0.1, 0.15) is 5.01 Å². The number of nitrogens with zero attached hydrogens (tertiary/aromatic N) is 3. The minimum atomic E-state index is 0.263. The molecule has 3 heterocycles. The lowest BCUT2D eigenvalue weighted by Crippen LogP contribution is -2.46. The third-order valence-electron chi connectivity index (χ3n) is 3.55. The maximum Gasteiger partial charge on any atom is 0.133 e. The van der Waals surface area contributed by atoms with E-state index in [9.17, 15) is 0 Å². The SMILES string of the molecule is OCCN1CCN(Cc2cnc(-c3cccs3)s2)CC1. The second-order valence-electron chi connectivity index (χ2n) is 4.95. The first-order valence-electron chi connectivity index (χ1n) is 6.89. The fourth-order valence-corrected chi connectivity index (χ4v) is 4.19. The molecule has 0 radical (unpaired) electrons. The Morgan fingerprint density at radius 1 is 1.20 bits per heavy atom. The Kier molecular flexibility index (Phi) is 4.80. The monoisotopic (exact) mass is 309 g/mol. The summed E-state index contributed by atoms with van der Waals surface area (Å²) in [5.41, 5.74) is 0. The first-order valence-corrected chi connectivity index (χ1v) is 8.59. The molecule has 0 bridgehead atoms. The van der Waals surface area contributed by atoms with Crippen LogP contribution in [0.5, 0.6) is 0 Å². The molecule has 1 saturated heterocycles. The lowest BCUT2D eigenvalue weighted by Gasteiger charge is -2.33. The Morgan fingerprint density at radius 2 is 2.00 bits per heavy atom. The van der Waals surface area contributed by atoms with Gasteiger partial charge in [-0.15, -0.1) is 22.7 Å². The number of β-amino-alcohol motifs (C(OH)–C–C–N with tert-alkyl or cyclic N) is 1. The van der Waals surface area contributed by atoms with Crippen molar-refractivity contribution in [1.82, 2.24) is 14.8 Å². The van der Waals surface area contributed by atoms with Gasteiger partial charge in [0.15, 0.2) is 0 Å². The average Bonchev–Trinajstić information content (AvgIpc) is 3.12. The van der Waals surface area contributed by atoms with Crippen LogP contribution in [-0.4, -0.2) is 59.2 Å². The van der Waals surface area contributed by atoms with Crippen molar-refractivity contribution in [3.63, 3.8) is 0 Å². The Balaban J connectivity index is 1.54. The molecule has 6 heteroatoms. The van der Waals surface area contributed by atoms with E-state index < -0.39 is 0 Å². The number of hydrogen-bond donors (Lipinski definition) is 1. The van der Waals surface area contributed by atoms with Gasteiger partial charge < -0.3 is 5.11 Å². The van der Waals surface area contributed by atoms with Crippen molar-refractivity contribution >= 4 is 22.7 Å². The quantitative estimate of drug-likeness (QED) is 0.917. The van der Waals surface area contributed by atoms with E-state index in [2.05, 4.69) is 32.3 Å². The topological polar surface area (TPSA) is 39.6 Å². The molecule has 0 aromatic carbocycles. The van der Waals surface area contributed by atoms with Gasteiger partial charge in [-0.2, -0.15) is 0 Å². The first-order chi connectivity index (χ1) is 9.85. The molecule has 1 fully saturated rings. The van der Waals surface area contributed by atoms with Crippen LogP contribution in [0.2, 0.25) is 0 Å². The molecule has 2 aromatic rings.